The second kappa shape index (κ2) is 6.44. The van der Waals surface area contributed by atoms with Crippen LogP contribution in [0, 0.1) is 10.1 Å². The van der Waals surface area contributed by atoms with Crippen LogP contribution in [0.25, 0.3) is 0 Å². The van der Waals surface area contributed by atoms with Crippen molar-refractivity contribution >= 4 is 23.4 Å². The van der Waals surface area contributed by atoms with Crippen molar-refractivity contribution < 1.29 is 14.8 Å². The van der Waals surface area contributed by atoms with E-state index in [1.165, 1.54) is 12.1 Å². The number of likely N-dealkylation sites (N-methyl/N-ethyl adjacent to an activating group) is 1. The van der Waals surface area contributed by atoms with E-state index in [9.17, 15) is 20.0 Å². The molecule has 6 nitrogen and oxygen atoms in total. The van der Waals surface area contributed by atoms with Gasteiger partial charge >= 0.3 is 5.97 Å². The highest BCUT2D eigenvalue weighted by molar-refractivity contribution is 8.00. The molecule has 21 heavy (non-hydrogen) atoms. The van der Waals surface area contributed by atoms with Crippen molar-refractivity contribution in [1.82, 2.24) is 5.32 Å². The van der Waals surface area contributed by atoms with Gasteiger partial charge in [0, 0.05) is 22.3 Å². The first-order chi connectivity index (χ1) is 9.97. The molecule has 1 aliphatic rings. The Morgan fingerprint density at radius 2 is 2.19 bits per heavy atom. The summed E-state index contributed by atoms with van der Waals surface area (Å²) in [4.78, 5) is 22.6. The summed E-state index contributed by atoms with van der Waals surface area (Å²) in [6, 6.07) is 6.39. The minimum absolute atomic E-state index is 0.0679. The number of carboxylic acids is 1. The Hall–Kier alpha value is -1.60. The fourth-order valence-corrected chi connectivity index (χ4v) is 3.99. The van der Waals surface area contributed by atoms with Gasteiger partial charge in [-0.1, -0.05) is 6.92 Å². The zero-order valence-electron chi connectivity index (χ0n) is 11.7. The minimum Gasteiger partial charge on any atom is -0.480 e. The van der Waals surface area contributed by atoms with Gasteiger partial charge in [-0.3, -0.25) is 14.9 Å². The normalized spacial score (nSPS) is 24.9. The number of aliphatic carboxylic acids is 1. The van der Waals surface area contributed by atoms with Crippen molar-refractivity contribution in [2.24, 2.45) is 0 Å². The highest BCUT2D eigenvalue weighted by Crippen LogP contribution is 2.40. The van der Waals surface area contributed by atoms with Crippen LogP contribution in [0.4, 0.5) is 5.69 Å². The molecule has 1 aliphatic carbocycles. The van der Waals surface area contributed by atoms with E-state index in [1.54, 1.807) is 23.9 Å². The summed E-state index contributed by atoms with van der Waals surface area (Å²) in [5.41, 5.74) is -0.758. The predicted molar refractivity (Wildman–Crippen MR) is 80.6 cm³/mol. The summed E-state index contributed by atoms with van der Waals surface area (Å²) in [6.45, 7) is 2.53. The van der Waals surface area contributed by atoms with Crippen LogP contribution in [0.5, 0.6) is 0 Å². The molecule has 2 atom stereocenters. The first-order valence-electron chi connectivity index (χ1n) is 6.86. The highest BCUT2D eigenvalue weighted by atomic mass is 32.2. The highest BCUT2D eigenvalue weighted by Gasteiger charge is 2.45. The van der Waals surface area contributed by atoms with Crippen LogP contribution < -0.4 is 5.32 Å². The second-order valence-corrected chi connectivity index (χ2v) is 6.53. The predicted octanol–water partition coefficient (Wildman–Crippen LogP) is 2.67. The maximum Gasteiger partial charge on any atom is 0.323 e. The van der Waals surface area contributed by atoms with E-state index in [-0.39, 0.29) is 10.9 Å². The van der Waals surface area contributed by atoms with Crippen LogP contribution in [0.15, 0.2) is 29.2 Å². The summed E-state index contributed by atoms with van der Waals surface area (Å²) in [5.74, 6) is -0.795. The Labute approximate surface area is 127 Å². The van der Waals surface area contributed by atoms with E-state index >= 15 is 0 Å². The SMILES string of the molecule is CCNC1(C(=O)O)CCC(Sc2ccc([N+](=O)[O-])cc2)C1. The number of nitro groups is 1. The topological polar surface area (TPSA) is 92.5 Å². The molecule has 114 valence electrons. The van der Waals surface area contributed by atoms with Crippen LogP contribution in [0.3, 0.4) is 0 Å². The summed E-state index contributed by atoms with van der Waals surface area (Å²) < 4.78 is 0. The van der Waals surface area contributed by atoms with Gasteiger partial charge in [0.2, 0.25) is 0 Å². The summed E-state index contributed by atoms with van der Waals surface area (Å²) in [6.07, 6.45) is 2.00. The zero-order chi connectivity index (χ0) is 15.5. The van der Waals surface area contributed by atoms with Gasteiger partial charge in [0.15, 0.2) is 0 Å². The smallest absolute Gasteiger partial charge is 0.323 e. The van der Waals surface area contributed by atoms with E-state index in [4.69, 9.17) is 0 Å². The monoisotopic (exact) mass is 310 g/mol. The Bertz CT molecular complexity index is 534. The first-order valence-corrected chi connectivity index (χ1v) is 7.74. The minimum atomic E-state index is -0.826. The summed E-state index contributed by atoms with van der Waals surface area (Å²) >= 11 is 1.59. The Kier molecular flexibility index (Phi) is 4.84. The molecule has 0 saturated heterocycles. The maximum atomic E-state index is 11.5. The summed E-state index contributed by atoms with van der Waals surface area (Å²) in [7, 11) is 0. The van der Waals surface area contributed by atoms with E-state index in [1.807, 2.05) is 6.92 Å². The molecule has 0 bridgehead atoms. The van der Waals surface area contributed by atoms with E-state index in [2.05, 4.69) is 5.32 Å². The van der Waals surface area contributed by atoms with Crippen LogP contribution in [0.2, 0.25) is 0 Å². The van der Waals surface area contributed by atoms with Gasteiger partial charge in [-0.15, -0.1) is 11.8 Å². The van der Waals surface area contributed by atoms with Gasteiger partial charge < -0.3 is 10.4 Å². The zero-order valence-corrected chi connectivity index (χ0v) is 12.6. The van der Waals surface area contributed by atoms with Crippen molar-refractivity contribution in [3.8, 4) is 0 Å². The van der Waals surface area contributed by atoms with Gasteiger partial charge in [0.1, 0.15) is 5.54 Å². The van der Waals surface area contributed by atoms with Crippen molar-refractivity contribution in [3.63, 3.8) is 0 Å². The molecule has 2 rings (SSSR count). The van der Waals surface area contributed by atoms with E-state index in [0.29, 0.717) is 19.4 Å². The number of nitro benzene ring substituents is 1. The molecule has 0 spiro atoms. The van der Waals surface area contributed by atoms with E-state index < -0.39 is 16.4 Å². The second-order valence-electron chi connectivity index (χ2n) is 5.15. The van der Waals surface area contributed by atoms with E-state index in [0.717, 1.165) is 11.3 Å². The third-order valence-electron chi connectivity index (χ3n) is 3.74. The number of carbonyl (C=O) groups is 1. The van der Waals surface area contributed by atoms with Crippen LogP contribution in [0.1, 0.15) is 26.2 Å². The average molecular weight is 310 g/mol. The summed E-state index contributed by atoms with van der Waals surface area (Å²) in [5, 5.41) is 23.3. The molecule has 0 radical (unpaired) electrons. The molecule has 0 heterocycles. The fraction of sp³-hybridized carbons (Fsp3) is 0.500. The number of nitrogens with zero attached hydrogens (tertiary/aromatic N) is 1. The number of carboxylic acid groups (broad SMARTS) is 1. The number of non-ortho nitro benzene ring substituents is 1. The molecule has 0 amide bonds. The average Bonchev–Trinajstić information content (AvgIpc) is 2.84. The number of hydrogen-bond donors (Lipinski definition) is 2. The van der Waals surface area contributed by atoms with Gasteiger partial charge in [0.25, 0.3) is 5.69 Å². The molecule has 1 fully saturated rings. The van der Waals surface area contributed by atoms with Crippen LogP contribution in [-0.4, -0.2) is 33.3 Å². The molecule has 1 aromatic carbocycles. The lowest BCUT2D eigenvalue weighted by Gasteiger charge is -2.25. The van der Waals surface area contributed by atoms with Gasteiger partial charge in [-0.2, -0.15) is 0 Å². The molecular weight excluding hydrogens is 292 g/mol. The van der Waals surface area contributed by atoms with Crippen molar-refractivity contribution in [1.29, 1.82) is 0 Å². The molecule has 0 aliphatic heterocycles. The fourth-order valence-electron chi connectivity index (χ4n) is 2.71. The lowest BCUT2D eigenvalue weighted by atomic mass is 9.98. The Morgan fingerprint density at radius 1 is 1.52 bits per heavy atom. The quantitative estimate of drug-likeness (QED) is 0.620. The number of nitrogens with one attached hydrogen (secondary N) is 1. The standard InChI is InChI=1S/C14H18N2O4S/c1-2-15-14(13(17)18)8-7-12(9-14)21-11-5-3-10(4-6-11)16(19)20/h3-6,12,15H,2,7-9H2,1H3,(H,17,18). The van der Waals surface area contributed by atoms with Crippen molar-refractivity contribution in [2.45, 2.75) is 41.9 Å². The molecule has 0 aromatic heterocycles. The van der Waals surface area contributed by atoms with Crippen LogP contribution in [-0.2, 0) is 4.79 Å². The molecule has 1 saturated carbocycles. The molecular formula is C14H18N2O4S. The number of rotatable bonds is 6. The van der Waals surface area contributed by atoms with Crippen molar-refractivity contribution in [2.75, 3.05) is 6.54 Å². The van der Waals surface area contributed by atoms with Crippen LogP contribution >= 0.6 is 11.8 Å². The van der Waals surface area contributed by atoms with Gasteiger partial charge in [-0.25, -0.2) is 0 Å². The largest absolute Gasteiger partial charge is 0.480 e. The van der Waals surface area contributed by atoms with Gasteiger partial charge in [0.05, 0.1) is 4.92 Å². The lowest BCUT2D eigenvalue weighted by molar-refractivity contribution is -0.384. The lowest BCUT2D eigenvalue weighted by Crippen LogP contribution is -2.50. The Balaban J connectivity index is 2.01. The molecule has 2 N–H and O–H groups in total. The number of thioether (sulfide) groups is 1. The Morgan fingerprint density at radius 3 is 2.71 bits per heavy atom. The first kappa shape index (κ1) is 15.8. The molecule has 2 unspecified atom stereocenters. The number of hydrogen-bond acceptors (Lipinski definition) is 5. The van der Waals surface area contributed by atoms with Crippen molar-refractivity contribution in [3.05, 3.63) is 34.4 Å². The maximum absolute atomic E-state index is 11.5. The molecule has 7 heteroatoms. The molecule has 1 aromatic rings. The van der Waals surface area contributed by atoms with Gasteiger partial charge in [-0.05, 0) is 37.9 Å². The number of benzene rings is 1. The third-order valence-corrected chi connectivity index (χ3v) is 5.02. The third kappa shape index (κ3) is 3.54.